The topological polar surface area (TPSA) is 0 Å². The minimum absolute atomic E-state index is 0.00947. The SMILES string of the molecule is CC[C@@H]1CC(C2CCP(c3ccccc3P3CCC[C@H]3C)[C@@H]2C)[C@@H](CC)P1c1ccccc1P1[C@H](C)CC[C@H]1C. The summed E-state index contributed by atoms with van der Waals surface area (Å²) in [5, 5.41) is 7.36. The van der Waals surface area contributed by atoms with E-state index < -0.39 is 0 Å². The standard InChI is InChI=1S/C36H54P4/c1-7-29-24-31(32(8-2)40(29)36-18-12-11-17-35(36)39-26(4)19-20-27(39)5)30-21-23-38(28(30)6)34-16-10-9-15-33(34)37-22-13-14-25(37)3/h9-12,15-18,25-32H,7-8,13-14,19-24H2,1-6H3/t25-,26-,27-,28-,29-,30?,31?,32-,37?,38?,40?/m1/s1. The summed E-state index contributed by atoms with van der Waals surface area (Å²) >= 11 is 0. The Balaban J connectivity index is 1.29. The Kier molecular flexibility index (Phi) is 9.84. The van der Waals surface area contributed by atoms with Crippen LogP contribution in [0.15, 0.2) is 48.5 Å². The molecule has 4 heteroatoms. The van der Waals surface area contributed by atoms with Crippen molar-refractivity contribution in [2.24, 2.45) is 11.8 Å². The number of hydrogen-bond donors (Lipinski definition) is 0. The van der Waals surface area contributed by atoms with Gasteiger partial charge in [0.2, 0.25) is 0 Å². The molecule has 0 amide bonds. The van der Waals surface area contributed by atoms with Crippen molar-refractivity contribution in [3.8, 4) is 0 Å². The van der Waals surface area contributed by atoms with Crippen molar-refractivity contribution in [2.45, 2.75) is 127 Å². The summed E-state index contributed by atoms with van der Waals surface area (Å²) in [5.41, 5.74) is 5.50. The molecule has 4 heterocycles. The minimum Gasteiger partial charge on any atom is -0.0717 e. The van der Waals surface area contributed by atoms with Crippen LogP contribution in [0.2, 0.25) is 0 Å². The molecule has 0 aromatic heterocycles. The van der Waals surface area contributed by atoms with Crippen LogP contribution in [0.4, 0.5) is 0 Å². The third-order valence-corrected chi connectivity index (χ3v) is 25.2. The highest BCUT2D eigenvalue weighted by atomic mass is 31.1. The number of hydrogen-bond acceptors (Lipinski definition) is 0. The van der Waals surface area contributed by atoms with Gasteiger partial charge in [-0.3, -0.25) is 0 Å². The summed E-state index contributed by atoms with van der Waals surface area (Å²) < 4.78 is 0. The van der Waals surface area contributed by atoms with Crippen LogP contribution in [0.3, 0.4) is 0 Å². The summed E-state index contributed by atoms with van der Waals surface area (Å²) in [6.45, 7) is 15.5. The third-order valence-electron chi connectivity index (χ3n) is 11.5. The molecule has 0 spiro atoms. The van der Waals surface area contributed by atoms with Crippen molar-refractivity contribution in [3.63, 3.8) is 0 Å². The second-order valence-electron chi connectivity index (χ2n) is 13.6. The summed E-state index contributed by atoms with van der Waals surface area (Å²) in [5.74, 6) is 1.90. The van der Waals surface area contributed by atoms with Gasteiger partial charge in [-0.1, -0.05) is 122 Å². The van der Waals surface area contributed by atoms with E-state index in [-0.39, 0.29) is 31.7 Å². The van der Waals surface area contributed by atoms with E-state index in [1.807, 2.05) is 21.2 Å². The van der Waals surface area contributed by atoms with Gasteiger partial charge in [-0.15, -0.1) is 0 Å². The molecule has 0 nitrogen and oxygen atoms in total. The molecule has 5 unspecified atom stereocenters. The van der Waals surface area contributed by atoms with Gasteiger partial charge in [0.05, 0.1) is 0 Å². The second kappa shape index (κ2) is 13.0. The highest BCUT2D eigenvalue weighted by molar-refractivity contribution is 7.74. The van der Waals surface area contributed by atoms with E-state index in [4.69, 9.17) is 0 Å². The lowest BCUT2D eigenvalue weighted by Gasteiger charge is -2.35. The van der Waals surface area contributed by atoms with E-state index in [0.29, 0.717) is 0 Å². The fourth-order valence-corrected chi connectivity index (χ4v) is 24.0. The summed E-state index contributed by atoms with van der Waals surface area (Å²) in [6, 6.07) is 19.9. The maximum Gasteiger partial charge on any atom is -0.0137 e. The average Bonchev–Trinajstić information content (AvgIpc) is 3.74. The molecular weight excluding hydrogens is 556 g/mol. The Morgan fingerprint density at radius 2 is 1.20 bits per heavy atom. The molecule has 2 aromatic carbocycles. The molecule has 2 aromatic rings. The zero-order chi connectivity index (χ0) is 28.0. The van der Waals surface area contributed by atoms with E-state index in [1.165, 1.54) is 63.7 Å². The summed E-state index contributed by atoms with van der Waals surface area (Å²) in [7, 11) is -0.0464. The smallest absolute Gasteiger partial charge is 0.0137 e. The van der Waals surface area contributed by atoms with Crippen molar-refractivity contribution in [1.29, 1.82) is 0 Å². The van der Waals surface area contributed by atoms with Crippen molar-refractivity contribution in [2.75, 3.05) is 12.3 Å². The van der Waals surface area contributed by atoms with Crippen LogP contribution >= 0.6 is 31.7 Å². The normalized spacial score (nSPS) is 40.3. The summed E-state index contributed by atoms with van der Waals surface area (Å²) in [4.78, 5) is 0. The first kappa shape index (κ1) is 30.2. The van der Waals surface area contributed by atoms with Crippen LogP contribution in [-0.2, 0) is 0 Å². The van der Waals surface area contributed by atoms with Gasteiger partial charge in [0.1, 0.15) is 0 Å². The van der Waals surface area contributed by atoms with Gasteiger partial charge in [0.25, 0.3) is 0 Å². The Labute approximate surface area is 251 Å². The molecule has 4 saturated heterocycles. The second-order valence-corrected chi connectivity index (χ2v) is 24.8. The van der Waals surface area contributed by atoms with E-state index in [2.05, 4.69) is 90.1 Å². The van der Waals surface area contributed by atoms with Crippen LogP contribution in [-0.4, -0.2) is 46.3 Å². The molecule has 0 aliphatic carbocycles. The summed E-state index contributed by atoms with van der Waals surface area (Å²) in [6.07, 6.45) is 14.6. The Morgan fingerprint density at radius 1 is 0.600 bits per heavy atom. The van der Waals surface area contributed by atoms with Crippen LogP contribution in [0, 0.1) is 11.8 Å². The largest absolute Gasteiger partial charge is 0.0717 e. The molecule has 0 bridgehead atoms. The van der Waals surface area contributed by atoms with Gasteiger partial charge in [-0.25, -0.2) is 0 Å². The lowest BCUT2D eigenvalue weighted by Crippen LogP contribution is -2.32. The fraction of sp³-hybridized carbons (Fsp3) is 0.667. The molecule has 0 saturated carbocycles. The molecular formula is C36H54P4. The van der Waals surface area contributed by atoms with Gasteiger partial charge >= 0.3 is 0 Å². The molecule has 0 N–H and O–H groups in total. The first-order valence-corrected chi connectivity index (χ1v) is 22.9. The van der Waals surface area contributed by atoms with Crippen molar-refractivity contribution >= 4 is 52.9 Å². The van der Waals surface area contributed by atoms with E-state index in [9.17, 15) is 0 Å². The quantitative estimate of drug-likeness (QED) is 0.274. The zero-order valence-electron chi connectivity index (χ0n) is 26.1. The monoisotopic (exact) mass is 610 g/mol. The highest BCUT2D eigenvalue weighted by Gasteiger charge is 2.50. The van der Waals surface area contributed by atoms with Crippen molar-refractivity contribution in [3.05, 3.63) is 48.5 Å². The fourth-order valence-electron chi connectivity index (χ4n) is 9.45. The number of rotatable bonds is 7. The van der Waals surface area contributed by atoms with Gasteiger partial charge in [0, 0.05) is 0 Å². The molecule has 4 aliphatic heterocycles. The molecule has 0 radical (unpaired) electrons. The lowest BCUT2D eigenvalue weighted by molar-refractivity contribution is 0.312. The van der Waals surface area contributed by atoms with Crippen LogP contribution in [0.5, 0.6) is 0 Å². The maximum atomic E-state index is 2.71. The maximum absolute atomic E-state index is 2.71. The Hall–Kier alpha value is 0.160. The predicted molar refractivity (Wildman–Crippen MR) is 190 cm³/mol. The van der Waals surface area contributed by atoms with Gasteiger partial charge in [0.15, 0.2) is 0 Å². The minimum atomic E-state index is -0.0782. The number of benzene rings is 2. The van der Waals surface area contributed by atoms with Crippen molar-refractivity contribution < 1.29 is 0 Å². The van der Waals surface area contributed by atoms with Gasteiger partial charge in [-0.2, -0.15) is 0 Å². The highest BCUT2D eigenvalue weighted by Crippen LogP contribution is 2.66. The van der Waals surface area contributed by atoms with E-state index in [0.717, 1.165) is 45.8 Å². The van der Waals surface area contributed by atoms with Crippen LogP contribution in [0.25, 0.3) is 0 Å². The Bertz CT molecular complexity index is 1140. The molecule has 40 heavy (non-hydrogen) atoms. The first-order chi connectivity index (χ1) is 19.4. The van der Waals surface area contributed by atoms with Gasteiger partial charge < -0.3 is 0 Å². The molecule has 4 aliphatic rings. The van der Waals surface area contributed by atoms with Crippen LogP contribution < -0.4 is 21.2 Å². The van der Waals surface area contributed by atoms with Gasteiger partial charge in [-0.05, 0) is 131 Å². The van der Waals surface area contributed by atoms with Crippen molar-refractivity contribution in [1.82, 2.24) is 0 Å². The third kappa shape index (κ3) is 5.47. The first-order valence-electron chi connectivity index (χ1n) is 16.7. The van der Waals surface area contributed by atoms with E-state index in [1.54, 1.807) is 0 Å². The molecule has 4 fully saturated rings. The lowest BCUT2D eigenvalue weighted by atomic mass is 9.81. The molecule has 11 atom stereocenters. The predicted octanol–water partition coefficient (Wildman–Crippen LogP) is 9.55. The Morgan fingerprint density at radius 3 is 1.77 bits per heavy atom. The molecule has 6 rings (SSSR count). The average molecular weight is 611 g/mol. The zero-order valence-corrected chi connectivity index (χ0v) is 29.7. The molecule has 218 valence electrons. The van der Waals surface area contributed by atoms with E-state index >= 15 is 0 Å². The van der Waals surface area contributed by atoms with Crippen LogP contribution in [0.1, 0.15) is 92.9 Å².